The summed E-state index contributed by atoms with van der Waals surface area (Å²) in [6, 6.07) is 0. The van der Waals surface area contributed by atoms with Crippen molar-refractivity contribution in [2.75, 3.05) is 7.11 Å². The Bertz CT molecular complexity index is 598. The molecule has 0 aromatic heterocycles. The molecule has 24 heavy (non-hydrogen) atoms. The summed E-state index contributed by atoms with van der Waals surface area (Å²) in [5.41, 5.74) is 0.0157. The van der Waals surface area contributed by atoms with Crippen LogP contribution in [-0.4, -0.2) is 18.9 Å². The van der Waals surface area contributed by atoms with Crippen molar-refractivity contribution in [3.63, 3.8) is 0 Å². The number of esters is 1. The van der Waals surface area contributed by atoms with Crippen molar-refractivity contribution >= 4 is 11.8 Å². The molecule has 4 fully saturated rings. The molecule has 0 heterocycles. The molecule has 4 rings (SSSR count). The van der Waals surface area contributed by atoms with Gasteiger partial charge in [-0.3, -0.25) is 9.59 Å². The van der Waals surface area contributed by atoms with E-state index in [1.807, 2.05) is 0 Å². The number of rotatable bonds is 1. The SMILES string of the molecule is COC(=O)[C@@]1(C)CCC[C@@]2(C)[C@H]1CC[C@]13CC(=O)[C@](C)(CC[C@@H]12)C3. The first-order valence-electron chi connectivity index (χ1n) is 9.82. The summed E-state index contributed by atoms with van der Waals surface area (Å²) in [4.78, 5) is 25.3. The van der Waals surface area contributed by atoms with Gasteiger partial charge in [0.05, 0.1) is 12.5 Å². The summed E-state index contributed by atoms with van der Waals surface area (Å²) in [7, 11) is 1.53. The fourth-order valence-electron chi connectivity index (χ4n) is 7.98. The van der Waals surface area contributed by atoms with E-state index in [0.717, 1.165) is 44.9 Å². The van der Waals surface area contributed by atoms with E-state index in [9.17, 15) is 9.59 Å². The minimum atomic E-state index is -0.341. The van der Waals surface area contributed by atoms with Gasteiger partial charge in [0.1, 0.15) is 5.78 Å². The Balaban J connectivity index is 1.74. The summed E-state index contributed by atoms with van der Waals surface area (Å²) < 4.78 is 5.22. The molecule has 0 aromatic rings. The molecule has 2 bridgehead atoms. The van der Waals surface area contributed by atoms with Crippen molar-refractivity contribution in [2.24, 2.45) is 33.5 Å². The number of hydrogen-bond donors (Lipinski definition) is 0. The minimum absolute atomic E-state index is 0.0162. The second kappa shape index (κ2) is 4.86. The molecule has 1 spiro atoms. The van der Waals surface area contributed by atoms with Gasteiger partial charge in [-0.1, -0.05) is 20.3 Å². The summed E-state index contributed by atoms with van der Waals surface area (Å²) in [6.07, 6.45) is 9.61. The maximum Gasteiger partial charge on any atom is 0.311 e. The highest BCUT2D eigenvalue weighted by molar-refractivity contribution is 5.88. The summed E-state index contributed by atoms with van der Waals surface area (Å²) in [5, 5.41) is 0. The highest BCUT2D eigenvalue weighted by Crippen LogP contribution is 2.73. The van der Waals surface area contributed by atoms with Gasteiger partial charge in [0.25, 0.3) is 0 Å². The maximum atomic E-state index is 12.7. The van der Waals surface area contributed by atoms with E-state index in [2.05, 4.69) is 20.8 Å². The zero-order valence-electron chi connectivity index (χ0n) is 15.7. The average molecular weight is 332 g/mol. The third kappa shape index (κ3) is 1.85. The standard InChI is InChI=1S/C21H32O3/c1-18-10-6-15-19(2)8-5-9-20(3,17(23)24-4)14(19)7-11-21(15,13-18)12-16(18)22/h14-15H,5-13H2,1-4H3/t14-,15-,18-,19+,20+,21-/m1/s1. The molecule has 3 heteroatoms. The molecule has 4 aliphatic carbocycles. The molecule has 4 aliphatic rings. The molecule has 6 atom stereocenters. The number of methoxy groups -OCH3 is 1. The topological polar surface area (TPSA) is 43.4 Å². The second-order valence-corrected chi connectivity index (χ2v) is 10.2. The third-order valence-corrected chi connectivity index (χ3v) is 9.01. The lowest BCUT2D eigenvalue weighted by molar-refractivity contribution is -0.185. The van der Waals surface area contributed by atoms with Gasteiger partial charge in [0.15, 0.2) is 0 Å². The fourth-order valence-corrected chi connectivity index (χ4v) is 7.98. The van der Waals surface area contributed by atoms with Crippen LogP contribution in [0.1, 0.15) is 78.6 Å². The van der Waals surface area contributed by atoms with Crippen LogP contribution in [0.5, 0.6) is 0 Å². The van der Waals surface area contributed by atoms with Gasteiger partial charge in [-0.15, -0.1) is 0 Å². The predicted molar refractivity (Wildman–Crippen MR) is 92.3 cm³/mol. The van der Waals surface area contributed by atoms with Crippen molar-refractivity contribution in [1.29, 1.82) is 0 Å². The first kappa shape index (κ1) is 16.6. The number of carbonyl (C=O) groups is 2. The number of ketones is 1. The first-order valence-corrected chi connectivity index (χ1v) is 9.82. The average Bonchev–Trinajstić information content (AvgIpc) is 2.70. The van der Waals surface area contributed by atoms with Crippen LogP contribution in [0.2, 0.25) is 0 Å². The van der Waals surface area contributed by atoms with Crippen LogP contribution in [0, 0.1) is 33.5 Å². The van der Waals surface area contributed by atoms with Gasteiger partial charge in [0.2, 0.25) is 0 Å². The quantitative estimate of drug-likeness (QED) is 0.663. The van der Waals surface area contributed by atoms with E-state index >= 15 is 0 Å². The molecule has 0 saturated heterocycles. The number of carbonyl (C=O) groups excluding carboxylic acids is 2. The second-order valence-electron chi connectivity index (χ2n) is 10.2. The Morgan fingerprint density at radius 1 is 1.04 bits per heavy atom. The van der Waals surface area contributed by atoms with Crippen LogP contribution in [0.15, 0.2) is 0 Å². The summed E-state index contributed by atoms with van der Waals surface area (Å²) in [5.74, 6) is 1.51. The Labute approximate surface area is 145 Å². The van der Waals surface area contributed by atoms with Crippen LogP contribution in [0.3, 0.4) is 0 Å². The van der Waals surface area contributed by atoms with E-state index in [1.54, 1.807) is 0 Å². The number of ether oxygens (including phenoxy) is 1. The van der Waals surface area contributed by atoms with Gasteiger partial charge >= 0.3 is 5.97 Å². The van der Waals surface area contributed by atoms with E-state index in [-0.39, 0.29) is 27.6 Å². The van der Waals surface area contributed by atoms with Crippen LogP contribution < -0.4 is 0 Å². The highest BCUT2D eigenvalue weighted by Gasteiger charge is 2.68. The molecule has 0 amide bonds. The maximum absolute atomic E-state index is 12.7. The van der Waals surface area contributed by atoms with Crippen LogP contribution in [0.25, 0.3) is 0 Å². The molecule has 0 unspecified atom stereocenters. The number of Topliss-reactive ketones (excluding diaryl/α,β-unsaturated/α-hetero) is 1. The van der Waals surface area contributed by atoms with Gasteiger partial charge in [0, 0.05) is 11.8 Å². The van der Waals surface area contributed by atoms with Crippen LogP contribution in [0.4, 0.5) is 0 Å². The van der Waals surface area contributed by atoms with E-state index < -0.39 is 0 Å². The minimum Gasteiger partial charge on any atom is -0.469 e. The highest BCUT2D eigenvalue weighted by atomic mass is 16.5. The Morgan fingerprint density at radius 2 is 1.75 bits per heavy atom. The molecule has 0 aliphatic heterocycles. The van der Waals surface area contributed by atoms with Crippen molar-refractivity contribution in [2.45, 2.75) is 78.6 Å². The van der Waals surface area contributed by atoms with E-state index in [4.69, 9.17) is 4.74 Å². The molecule has 0 radical (unpaired) electrons. The molecule has 134 valence electrons. The normalized spacial score (nSPS) is 53.2. The Hall–Kier alpha value is -0.860. The predicted octanol–water partition coefficient (Wildman–Crippen LogP) is 4.53. The Morgan fingerprint density at radius 3 is 2.46 bits per heavy atom. The molecule has 3 nitrogen and oxygen atoms in total. The van der Waals surface area contributed by atoms with Gasteiger partial charge in [-0.25, -0.2) is 0 Å². The summed E-state index contributed by atoms with van der Waals surface area (Å²) in [6.45, 7) is 6.79. The monoisotopic (exact) mass is 332 g/mol. The number of hydrogen-bond acceptors (Lipinski definition) is 3. The van der Waals surface area contributed by atoms with Gasteiger partial charge in [-0.05, 0) is 74.5 Å². The van der Waals surface area contributed by atoms with Crippen molar-refractivity contribution in [3.05, 3.63) is 0 Å². The van der Waals surface area contributed by atoms with E-state index in [1.165, 1.54) is 20.0 Å². The molecule has 4 saturated carbocycles. The van der Waals surface area contributed by atoms with Crippen molar-refractivity contribution < 1.29 is 14.3 Å². The molecule has 0 aromatic carbocycles. The molecule has 0 N–H and O–H groups in total. The third-order valence-electron chi connectivity index (χ3n) is 9.01. The van der Waals surface area contributed by atoms with Crippen LogP contribution >= 0.6 is 0 Å². The zero-order chi connectivity index (χ0) is 17.4. The smallest absolute Gasteiger partial charge is 0.311 e. The fraction of sp³-hybridized carbons (Fsp3) is 0.905. The first-order chi connectivity index (χ1) is 11.2. The number of fused-ring (bicyclic) bond motifs is 3. The van der Waals surface area contributed by atoms with Gasteiger partial charge < -0.3 is 4.74 Å². The molecular formula is C21H32O3. The van der Waals surface area contributed by atoms with Crippen molar-refractivity contribution in [3.8, 4) is 0 Å². The zero-order valence-corrected chi connectivity index (χ0v) is 15.7. The van der Waals surface area contributed by atoms with Gasteiger partial charge in [-0.2, -0.15) is 0 Å². The lowest BCUT2D eigenvalue weighted by atomic mass is 9.40. The largest absolute Gasteiger partial charge is 0.469 e. The molecular weight excluding hydrogens is 300 g/mol. The van der Waals surface area contributed by atoms with Crippen LogP contribution in [-0.2, 0) is 14.3 Å². The van der Waals surface area contributed by atoms with Crippen molar-refractivity contribution in [1.82, 2.24) is 0 Å². The Kier molecular flexibility index (Phi) is 3.36. The van der Waals surface area contributed by atoms with E-state index in [0.29, 0.717) is 17.6 Å². The lowest BCUT2D eigenvalue weighted by Crippen LogP contribution is -2.58. The summed E-state index contributed by atoms with van der Waals surface area (Å²) >= 11 is 0. The lowest BCUT2D eigenvalue weighted by Gasteiger charge is -2.63.